The van der Waals surface area contributed by atoms with Crippen molar-refractivity contribution in [3.63, 3.8) is 0 Å². The van der Waals surface area contributed by atoms with Crippen molar-refractivity contribution >= 4 is 17.2 Å². The van der Waals surface area contributed by atoms with Gasteiger partial charge in [0, 0.05) is 44.5 Å². The van der Waals surface area contributed by atoms with Crippen LogP contribution >= 0.6 is 0 Å². The van der Waals surface area contributed by atoms with E-state index in [1.165, 1.54) is 25.3 Å². The molecule has 1 aliphatic heterocycles. The molecule has 1 fully saturated rings. The van der Waals surface area contributed by atoms with Crippen molar-refractivity contribution < 1.29 is 14.1 Å². The van der Waals surface area contributed by atoms with Crippen LogP contribution in [-0.2, 0) is 0 Å². The number of nitrogens with zero attached hydrogens (tertiary/aromatic N) is 4. The molecule has 0 saturated carbocycles. The highest BCUT2D eigenvalue weighted by Gasteiger charge is 2.25. The molecule has 0 bridgehead atoms. The highest BCUT2D eigenvalue weighted by Crippen LogP contribution is 2.31. The van der Waals surface area contributed by atoms with Gasteiger partial charge in [0.15, 0.2) is 0 Å². The van der Waals surface area contributed by atoms with Gasteiger partial charge in [0.25, 0.3) is 0 Å². The average Bonchev–Trinajstić information content (AvgIpc) is 2.61. The molecule has 1 aliphatic rings. The van der Waals surface area contributed by atoms with E-state index in [2.05, 4.69) is 9.88 Å². The van der Waals surface area contributed by atoms with Crippen LogP contribution < -0.4 is 14.5 Å². The van der Waals surface area contributed by atoms with Crippen LogP contribution in [0.25, 0.3) is 0 Å². The molecule has 2 aromatic rings. The molecule has 8 heteroatoms. The Morgan fingerprint density at radius 2 is 1.92 bits per heavy atom. The fraction of sp³-hybridized carbons (Fsp3) is 0.312. The van der Waals surface area contributed by atoms with E-state index in [1.54, 1.807) is 18.3 Å². The zero-order valence-corrected chi connectivity index (χ0v) is 13.2. The molecule has 0 aliphatic carbocycles. The summed E-state index contributed by atoms with van der Waals surface area (Å²) in [7, 11) is 1.51. The van der Waals surface area contributed by atoms with Crippen molar-refractivity contribution in [3.05, 3.63) is 52.5 Å². The van der Waals surface area contributed by atoms with Crippen molar-refractivity contribution in [1.29, 1.82) is 0 Å². The molecule has 0 atom stereocenters. The summed E-state index contributed by atoms with van der Waals surface area (Å²) >= 11 is 0. The summed E-state index contributed by atoms with van der Waals surface area (Å²) in [5.74, 6) is 0.513. The summed E-state index contributed by atoms with van der Waals surface area (Å²) < 4.78 is 18.6. The second kappa shape index (κ2) is 6.69. The molecule has 0 amide bonds. The predicted octanol–water partition coefficient (Wildman–Crippen LogP) is 2.46. The number of methoxy groups -OCH3 is 1. The number of benzene rings is 1. The number of hydrogen-bond donors (Lipinski definition) is 0. The normalized spacial score (nSPS) is 14.6. The minimum Gasteiger partial charge on any atom is -0.494 e. The molecular weight excluding hydrogens is 315 g/mol. The van der Waals surface area contributed by atoms with Crippen molar-refractivity contribution in [2.24, 2.45) is 0 Å². The van der Waals surface area contributed by atoms with Gasteiger partial charge in [-0.25, -0.2) is 9.37 Å². The molecule has 24 heavy (non-hydrogen) atoms. The van der Waals surface area contributed by atoms with E-state index in [0.29, 0.717) is 37.7 Å². The van der Waals surface area contributed by atoms with E-state index in [1.807, 2.05) is 4.90 Å². The number of rotatable bonds is 4. The van der Waals surface area contributed by atoms with Gasteiger partial charge in [0.2, 0.25) is 5.82 Å². The lowest BCUT2D eigenvalue weighted by Crippen LogP contribution is -2.47. The van der Waals surface area contributed by atoms with Gasteiger partial charge in [-0.3, -0.25) is 10.1 Å². The lowest BCUT2D eigenvalue weighted by Gasteiger charge is -2.36. The fourth-order valence-corrected chi connectivity index (χ4v) is 2.85. The smallest absolute Gasteiger partial charge is 0.311 e. The zero-order chi connectivity index (χ0) is 17.1. The maximum atomic E-state index is 13.3. The molecule has 2 heterocycles. The molecule has 0 radical (unpaired) electrons. The Hall–Kier alpha value is -2.90. The van der Waals surface area contributed by atoms with E-state index >= 15 is 0 Å². The molecule has 0 unspecified atom stereocenters. The van der Waals surface area contributed by atoms with Gasteiger partial charge in [0.05, 0.1) is 17.7 Å². The van der Waals surface area contributed by atoms with Crippen LogP contribution in [0.1, 0.15) is 0 Å². The molecule has 1 saturated heterocycles. The maximum Gasteiger partial charge on any atom is 0.311 e. The Bertz CT molecular complexity index is 748. The molecule has 0 N–H and O–H groups in total. The first-order chi connectivity index (χ1) is 11.6. The standard InChI is InChI=1S/C16H17FN4O3/c1-24-15-11-12(17)4-5-13(15)19-7-9-20(10-8-19)16-14(21(22)23)3-2-6-18-16/h2-6,11H,7-10H2,1H3. The number of hydrogen-bond acceptors (Lipinski definition) is 6. The monoisotopic (exact) mass is 332 g/mol. The Kier molecular flexibility index (Phi) is 4.45. The third-order valence-corrected chi connectivity index (χ3v) is 4.02. The first kappa shape index (κ1) is 16.0. The Morgan fingerprint density at radius 3 is 2.58 bits per heavy atom. The van der Waals surface area contributed by atoms with Crippen LogP contribution in [0.4, 0.5) is 21.6 Å². The summed E-state index contributed by atoms with van der Waals surface area (Å²) in [4.78, 5) is 18.8. The first-order valence-electron chi connectivity index (χ1n) is 7.53. The molecule has 1 aromatic carbocycles. The number of piperazine rings is 1. The van der Waals surface area contributed by atoms with Crippen LogP contribution in [0.15, 0.2) is 36.5 Å². The SMILES string of the molecule is COc1cc(F)ccc1N1CCN(c2ncccc2[N+](=O)[O-])CC1. The molecule has 0 spiro atoms. The summed E-state index contributed by atoms with van der Waals surface area (Å²) in [6.07, 6.45) is 1.55. The zero-order valence-electron chi connectivity index (χ0n) is 13.2. The first-order valence-corrected chi connectivity index (χ1v) is 7.53. The van der Waals surface area contributed by atoms with Gasteiger partial charge in [-0.2, -0.15) is 0 Å². The maximum absolute atomic E-state index is 13.3. The van der Waals surface area contributed by atoms with Gasteiger partial charge in [-0.05, 0) is 18.2 Å². The molecule has 126 valence electrons. The van der Waals surface area contributed by atoms with E-state index in [0.717, 1.165) is 5.69 Å². The Morgan fingerprint density at radius 1 is 1.21 bits per heavy atom. The highest BCUT2D eigenvalue weighted by molar-refractivity contribution is 5.62. The third-order valence-electron chi connectivity index (χ3n) is 4.02. The van der Waals surface area contributed by atoms with Crippen LogP contribution in [0, 0.1) is 15.9 Å². The predicted molar refractivity (Wildman–Crippen MR) is 88.3 cm³/mol. The average molecular weight is 332 g/mol. The van der Waals surface area contributed by atoms with Crippen LogP contribution in [0.3, 0.4) is 0 Å². The van der Waals surface area contributed by atoms with E-state index in [9.17, 15) is 14.5 Å². The molecule has 3 rings (SSSR count). The Labute approximate surface area is 138 Å². The number of aromatic nitrogens is 1. The van der Waals surface area contributed by atoms with Crippen molar-refractivity contribution in [3.8, 4) is 5.75 Å². The summed E-state index contributed by atoms with van der Waals surface area (Å²) in [6.45, 7) is 2.43. The lowest BCUT2D eigenvalue weighted by atomic mass is 10.2. The number of anilines is 2. The van der Waals surface area contributed by atoms with Gasteiger partial charge in [-0.15, -0.1) is 0 Å². The summed E-state index contributed by atoms with van der Waals surface area (Å²) in [5, 5.41) is 11.1. The highest BCUT2D eigenvalue weighted by atomic mass is 19.1. The van der Waals surface area contributed by atoms with Crippen LogP contribution in [0.2, 0.25) is 0 Å². The van der Waals surface area contributed by atoms with Crippen LogP contribution in [0.5, 0.6) is 5.75 Å². The molecule has 7 nitrogen and oxygen atoms in total. The number of halogens is 1. The van der Waals surface area contributed by atoms with Crippen molar-refractivity contribution in [2.45, 2.75) is 0 Å². The summed E-state index contributed by atoms with van der Waals surface area (Å²) in [6, 6.07) is 7.45. The largest absolute Gasteiger partial charge is 0.494 e. The quantitative estimate of drug-likeness (QED) is 0.633. The summed E-state index contributed by atoms with van der Waals surface area (Å²) in [5.41, 5.74) is 0.819. The minimum atomic E-state index is -0.419. The second-order valence-electron chi connectivity index (χ2n) is 5.39. The van der Waals surface area contributed by atoms with Crippen molar-refractivity contribution in [1.82, 2.24) is 4.98 Å². The van der Waals surface area contributed by atoms with Gasteiger partial charge in [-0.1, -0.05) is 0 Å². The lowest BCUT2D eigenvalue weighted by molar-refractivity contribution is -0.384. The van der Waals surface area contributed by atoms with E-state index in [4.69, 9.17) is 4.74 Å². The number of ether oxygens (including phenoxy) is 1. The molecular formula is C16H17FN4O3. The van der Waals surface area contributed by atoms with E-state index in [-0.39, 0.29) is 11.5 Å². The van der Waals surface area contributed by atoms with Crippen LogP contribution in [-0.4, -0.2) is 43.2 Å². The second-order valence-corrected chi connectivity index (χ2v) is 5.39. The topological polar surface area (TPSA) is 71.7 Å². The fourth-order valence-electron chi connectivity index (χ4n) is 2.85. The van der Waals surface area contributed by atoms with Crippen molar-refractivity contribution in [2.75, 3.05) is 43.1 Å². The van der Waals surface area contributed by atoms with Gasteiger partial charge >= 0.3 is 5.69 Å². The molecule has 1 aromatic heterocycles. The minimum absolute atomic E-state index is 0.00492. The third kappa shape index (κ3) is 3.08. The van der Waals surface area contributed by atoms with Gasteiger partial charge < -0.3 is 14.5 Å². The number of nitro groups is 1. The van der Waals surface area contributed by atoms with E-state index < -0.39 is 4.92 Å². The number of pyridine rings is 1. The Balaban J connectivity index is 1.76. The van der Waals surface area contributed by atoms with Gasteiger partial charge in [0.1, 0.15) is 11.6 Å².